The standard InChI is InChI=1S/C9H12ClN3O/c10-6-3-1-5(2-4-6)7-8(11)12-13-9(7)14/h1-4,7-9,12-14H,11H2. The summed E-state index contributed by atoms with van der Waals surface area (Å²) in [5.41, 5.74) is 12.2. The zero-order valence-corrected chi connectivity index (χ0v) is 8.20. The summed E-state index contributed by atoms with van der Waals surface area (Å²) in [7, 11) is 0. The monoisotopic (exact) mass is 213 g/mol. The van der Waals surface area contributed by atoms with E-state index in [1.54, 1.807) is 12.1 Å². The highest BCUT2D eigenvalue weighted by molar-refractivity contribution is 6.30. The minimum Gasteiger partial charge on any atom is -0.377 e. The first-order chi connectivity index (χ1) is 6.68. The van der Waals surface area contributed by atoms with E-state index in [1.165, 1.54) is 0 Å². The molecule has 1 heterocycles. The third-order valence-corrected chi connectivity index (χ3v) is 2.63. The average molecular weight is 214 g/mol. The molecular weight excluding hydrogens is 202 g/mol. The molecule has 14 heavy (non-hydrogen) atoms. The Morgan fingerprint density at radius 1 is 1.21 bits per heavy atom. The molecule has 1 aliphatic rings. The van der Waals surface area contributed by atoms with Crippen LogP contribution in [0.2, 0.25) is 5.02 Å². The van der Waals surface area contributed by atoms with E-state index in [4.69, 9.17) is 17.3 Å². The van der Waals surface area contributed by atoms with Crippen LogP contribution in [-0.4, -0.2) is 17.5 Å². The van der Waals surface area contributed by atoms with Crippen molar-refractivity contribution in [3.05, 3.63) is 34.9 Å². The molecule has 0 spiro atoms. The van der Waals surface area contributed by atoms with E-state index in [2.05, 4.69) is 10.9 Å². The van der Waals surface area contributed by atoms with Crippen LogP contribution >= 0.6 is 11.6 Å². The van der Waals surface area contributed by atoms with E-state index in [-0.39, 0.29) is 12.1 Å². The summed E-state index contributed by atoms with van der Waals surface area (Å²) in [6.45, 7) is 0. The van der Waals surface area contributed by atoms with E-state index in [1.807, 2.05) is 12.1 Å². The second kappa shape index (κ2) is 3.84. The maximum Gasteiger partial charge on any atom is 0.126 e. The summed E-state index contributed by atoms with van der Waals surface area (Å²) >= 11 is 5.77. The van der Waals surface area contributed by atoms with Gasteiger partial charge in [0.25, 0.3) is 0 Å². The van der Waals surface area contributed by atoms with Gasteiger partial charge in [-0.05, 0) is 17.7 Å². The topological polar surface area (TPSA) is 70.3 Å². The summed E-state index contributed by atoms with van der Waals surface area (Å²) < 4.78 is 0. The van der Waals surface area contributed by atoms with Crippen molar-refractivity contribution in [1.29, 1.82) is 0 Å². The first kappa shape index (κ1) is 9.89. The quantitative estimate of drug-likeness (QED) is 0.536. The molecule has 2 rings (SSSR count). The Balaban J connectivity index is 2.25. The van der Waals surface area contributed by atoms with Crippen LogP contribution in [0.1, 0.15) is 11.5 Å². The Labute approximate surface area is 87.0 Å². The van der Waals surface area contributed by atoms with Crippen molar-refractivity contribution < 1.29 is 5.11 Å². The summed E-state index contributed by atoms with van der Waals surface area (Å²) in [5.74, 6) is -0.146. The number of aliphatic hydroxyl groups is 1. The van der Waals surface area contributed by atoms with Gasteiger partial charge in [-0.1, -0.05) is 23.7 Å². The lowest BCUT2D eigenvalue weighted by Crippen LogP contribution is -2.38. The third-order valence-electron chi connectivity index (χ3n) is 2.38. The largest absolute Gasteiger partial charge is 0.377 e. The van der Waals surface area contributed by atoms with E-state index >= 15 is 0 Å². The second-order valence-corrected chi connectivity index (χ2v) is 3.77. The van der Waals surface area contributed by atoms with Crippen LogP contribution in [0.5, 0.6) is 0 Å². The number of benzene rings is 1. The number of aliphatic hydroxyl groups excluding tert-OH is 1. The Morgan fingerprint density at radius 3 is 2.36 bits per heavy atom. The smallest absolute Gasteiger partial charge is 0.126 e. The zero-order chi connectivity index (χ0) is 10.1. The number of hydrogen-bond donors (Lipinski definition) is 4. The fourth-order valence-corrected chi connectivity index (χ4v) is 1.76. The molecule has 0 saturated carbocycles. The SMILES string of the molecule is NC1NNC(O)C1c1ccc(Cl)cc1. The minimum atomic E-state index is -0.661. The first-order valence-electron chi connectivity index (χ1n) is 4.38. The van der Waals surface area contributed by atoms with Gasteiger partial charge in [0.05, 0.1) is 12.1 Å². The van der Waals surface area contributed by atoms with Gasteiger partial charge in [-0.25, -0.2) is 10.9 Å². The van der Waals surface area contributed by atoms with E-state index in [0.717, 1.165) is 5.56 Å². The van der Waals surface area contributed by atoms with Crippen molar-refractivity contribution in [1.82, 2.24) is 10.9 Å². The Kier molecular flexibility index (Phi) is 2.71. The number of hydrogen-bond acceptors (Lipinski definition) is 4. The van der Waals surface area contributed by atoms with Crippen molar-refractivity contribution in [3.8, 4) is 0 Å². The molecule has 5 heteroatoms. The first-order valence-corrected chi connectivity index (χ1v) is 4.76. The lowest BCUT2D eigenvalue weighted by atomic mass is 9.96. The molecule has 4 nitrogen and oxygen atoms in total. The minimum absolute atomic E-state index is 0.146. The van der Waals surface area contributed by atoms with Crippen LogP contribution in [0.3, 0.4) is 0 Å². The van der Waals surface area contributed by atoms with Crippen LogP contribution in [0.15, 0.2) is 24.3 Å². The molecule has 0 bridgehead atoms. The van der Waals surface area contributed by atoms with Gasteiger partial charge in [-0.2, -0.15) is 0 Å². The fourth-order valence-electron chi connectivity index (χ4n) is 1.63. The van der Waals surface area contributed by atoms with Crippen LogP contribution in [0.4, 0.5) is 0 Å². The highest BCUT2D eigenvalue weighted by atomic mass is 35.5. The molecule has 0 amide bonds. The number of nitrogens with two attached hydrogens (primary N) is 1. The maximum absolute atomic E-state index is 9.60. The Bertz CT molecular complexity index is 306. The summed E-state index contributed by atoms with van der Waals surface area (Å²) in [6.07, 6.45) is -0.947. The van der Waals surface area contributed by atoms with E-state index in [0.29, 0.717) is 5.02 Å². The van der Waals surface area contributed by atoms with Crippen molar-refractivity contribution in [2.45, 2.75) is 18.3 Å². The molecule has 1 aliphatic heterocycles. The van der Waals surface area contributed by atoms with Crippen molar-refractivity contribution >= 4 is 11.6 Å². The average Bonchev–Trinajstić information content (AvgIpc) is 2.49. The zero-order valence-electron chi connectivity index (χ0n) is 7.44. The van der Waals surface area contributed by atoms with Crippen molar-refractivity contribution in [3.63, 3.8) is 0 Å². The van der Waals surface area contributed by atoms with Gasteiger partial charge in [-0.15, -0.1) is 0 Å². The Hall–Kier alpha value is -0.650. The molecule has 0 radical (unpaired) electrons. The summed E-state index contributed by atoms with van der Waals surface area (Å²) in [6, 6.07) is 7.30. The third kappa shape index (κ3) is 1.75. The molecule has 1 saturated heterocycles. The highest BCUT2D eigenvalue weighted by Crippen LogP contribution is 2.24. The predicted octanol–water partition coefficient (Wildman–Crippen LogP) is 0.135. The number of halogens is 1. The lowest BCUT2D eigenvalue weighted by Gasteiger charge is -2.16. The van der Waals surface area contributed by atoms with Crippen LogP contribution in [0.25, 0.3) is 0 Å². The fraction of sp³-hybridized carbons (Fsp3) is 0.333. The van der Waals surface area contributed by atoms with Gasteiger partial charge in [0.15, 0.2) is 0 Å². The van der Waals surface area contributed by atoms with Crippen molar-refractivity contribution in [2.24, 2.45) is 5.73 Å². The number of rotatable bonds is 1. The molecule has 3 unspecified atom stereocenters. The van der Waals surface area contributed by atoms with Gasteiger partial charge in [-0.3, -0.25) is 0 Å². The molecule has 1 aromatic carbocycles. The molecule has 1 fully saturated rings. The van der Waals surface area contributed by atoms with Crippen LogP contribution < -0.4 is 16.6 Å². The molecule has 76 valence electrons. The van der Waals surface area contributed by atoms with Crippen LogP contribution in [0, 0.1) is 0 Å². The summed E-state index contributed by atoms with van der Waals surface area (Å²) in [5, 5.41) is 10.3. The van der Waals surface area contributed by atoms with Gasteiger partial charge in [0.2, 0.25) is 0 Å². The Morgan fingerprint density at radius 2 is 1.86 bits per heavy atom. The van der Waals surface area contributed by atoms with Gasteiger partial charge in [0.1, 0.15) is 6.23 Å². The normalized spacial score (nSPS) is 32.1. The molecule has 3 atom stereocenters. The van der Waals surface area contributed by atoms with E-state index in [9.17, 15) is 5.11 Å². The van der Waals surface area contributed by atoms with E-state index < -0.39 is 6.23 Å². The maximum atomic E-state index is 9.60. The second-order valence-electron chi connectivity index (χ2n) is 3.34. The van der Waals surface area contributed by atoms with Crippen LogP contribution in [-0.2, 0) is 0 Å². The lowest BCUT2D eigenvalue weighted by molar-refractivity contribution is 0.135. The van der Waals surface area contributed by atoms with Gasteiger partial charge < -0.3 is 10.8 Å². The molecular formula is C9H12ClN3O. The predicted molar refractivity (Wildman–Crippen MR) is 54.4 cm³/mol. The number of hydrazine groups is 1. The van der Waals surface area contributed by atoms with Gasteiger partial charge >= 0.3 is 0 Å². The molecule has 0 aliphatic carbocycles. The van der Waals surface area contributed by atoms with Gasteiger partial charge in [0, 0.05) is 5.02 Å². The van der Waals surface area contributed by atoms with Crippen molar-refractivity contribution in [2.75, 3.05) is 0 Å². The highest BCUT2D eigenvalue weighted by Gasteiger charge is 2.33. The summed E-state index contributed by atoms with van der Waals surface area (Å²) in [4.78, 5) is 0. The molecule has 1 aromatic rings. The molecule has 0 aromatic heterocycles. The molecule has 5 N–H and O–H groups in total. The number of nitrogens with one attached hydrogen (secondary N) is 2.